The van der Waals surface area contributed by atoms with Gasteiger partial charge >= 0.3 is 0 Å². The topological polar surface area (TPSA) is 12.0 Å². The molecule has 1 unspecified atom stereocenters. The Morgan fingerprint density at radius 3 is 2.60 bits per heavy atom. The van der Waals surface area contributed by atoms with Crippen LogP contribution in [0.5, 0.6) is 0 Å². The average molecular weight is 316 g/mol. The molecule has 1 N–H and O–H groups in total. The smallest absolute Gasteiger partial charge is 0.163 e. The van der Waals surface area contributed by atoms with E-state index in [1.54, 1.807) is 31.3 Å². The third-order valence-electron chi connectivity index (χ3n) is 3.14. The lowest BCUT2D eigenvalue weighted by molar-refractivity contribution is 0.473. The van der Waals surface area contributed by atoms with Crippen molar-refractivity contribution in [3.05, 3.63) is 69.2 Å². The first-order valence-electron chi connectivity index (χ1n) is 6.08. The predicted octanol–water partition coefficient (Wildman–Crippen LogP) is 4.77. The molecule has 0 amide bonds. The molecule has 2 rings (SSSR count). The van der Waals surface area contributed by atoms with E-state index in [2.05, 4.69) is 5.32 Å². The van der Waals surface area contributed by atoms with Gasteiger partial charge < -0.3 is 5.32 Å². The quantitative estimate of drug-likeness (QED) is 0.856. The highest BCUT2D eigenvalue weighted by Crippen LogP contribution is 2.27. The van der Waals surface area contributed by atoms with E-state index in [9.17, 15) is 8.78 Å². The fraction of sp³-hybridized carbons (Fsp3) is 0.200. The molecule has 0 aromatic heterocycles. The van der Waals surface area contributed by atoms with Crippen molar-refractivity contribution >= 4 is 23.2 Å². The zero-order chi connectivity index (χ0) is 14.7. The van der Waals surface area contributed by atoms with Crippen LogP contribution in [0.25, 0.3) is 0 Å². The normalized spacial score (nSPS) is 12.4. The molecule has 0 bridgehead atoms. The molecule has 2 aromatic rings. The minimum Gasteiger partial charge on any atom is -0.313 e. The SMILES string of the molecule is CNC(Cc1cc(Cl)ccc1Cl)c1cccc(F)c1F. The van der Waals surface area contributed by atoms with Gasteiger partial charge in [-0.3, -0.25) is 0 Å². The van der Waals surface area contributed by atoms with Gasteiger partial charge in [-0.25, -0.2) is 8.78 Å². The molecule has 0 aliphatic heterocycles. The highest BCUT2D eigenvalue weighted by molar-refractivity contribution is 6.33. The van der Waals surface area contributed by atoms with E-state index in [-0.39, 0.29) is 11.6 Å². The standard InChI is InChI=1S/C15H13Cl2F2N/c1-20-14(11-3-2-4-13(18)15(11)19)8-9-7-10(16)5-6-12(9)17/h2-7,14,20H,8H2,1H3. The number of benzene rings is 2. The van der Waals surface area contributed by atoms with Crippen LogP contribution in [0.15, 0.2) is 36.4 Å². The maximum atomic E-state index is 13.8. The van der Waals surface area contributed by atoms with Crippen molar-refractivity contribution < 1.29 is 8.78 Å². The number of nitrogens with one attached hydrogen (secondary N) is 1. The maximum absolute atomic E-state index is 13.8. The highest BCUT2D eigenvalue weighted by Gasteiger charge is 2.18. The summed E-state index contributed by atoms with van der Waals surface area (Å²) < 4.78 is 27.2. The van der Waals surface area contributed by atoms with Crippen molar-refractivity contribution in [3.8, 4) is 0 Å². The molecule has 0 heterocycles. The lowest BCUT2D eigenvalue weighted by atomic mass is 9.98. The van der Waals surface area contributed by atoms with Gasteiger partial charge in [0.1, 0.15) is 0 Å². The number of hydrogen-bond donors (Lipinski definition) is 1. The van der Waals surface area contributed by atoms with Gasteiger partial charge in [0.15, 0.2) is 11.6 Å². The molecular formula is C15H13Cl2F2N. The number of rotatable bonds is 4. The van der Waals surface area contributed by atoms with E-state index in [4.69, 9.17) is 23.2 Å². The summed E-state index contributed by atoms with van der Waals surface area (Å²) in [6, 6.07) is 8.85. The van der Waals surface area contributed by atoms with Crippen molar-refractivity contribution in [1.82, 2.24) is 5.32 Å². The summed E-state index contributed by atoms with van der Waals surface area (Å²) in [5.41, 5.74) is 1.05. The lowest BCUT2D eigenvalue weighted by Gasteiger charge is -2.18. The summed E-state index contributed by atoms with van der Waals surface area (Å²) in [5, 5.41) is 4.08. The Morgan fingerprint density at radius 1 is 1.15 bits per heavy atom. The maximum Gasteiger partial charge on any atom is 0.163 e. The van der Waals surface area contributed by atoms with Gasteiger partial charge in [-0.05, 0) is 43.3 Å². The Labute approximate surface area is 126 Å². The summed E-state index contributed by atoms with van der Waals surface area (Å²) in [4.78, 5) is 0. The van der Waals surface area contributed by atoms with Crippen LogP contribution in [0.2, 0.25) is 10.0 Å². The van der Waals surface area contributed by atoms with E-state index < -0.39 is 11.6 Å². The predicted molar refractivity (Wildman–Crippen MR) is 78.3 cm³/mol. The van der Waals surface area contributed by atoms with E-state index in [0.717, 1.165) is 11.6 Å². The third kappa shape index (κ3) is 3.29. The molecule has 0 aliphatic carbocycles. The Bertz CT molecular complexity index is 617. The summed E-state index contributed by atoms with van der Waals surface area (Å²) in [5.74, 6) is -1.70. The van der Waals surface area contributed by atoms with Gasteiger partial charge in [-0.2, -0.15) is 0 Å². The van der Waals surface area contributed by atoms with Gasteiger partial charge in [0, 0.05) is 21.7 Å². The summed E-state index contributed by atoms with van der Waals surface area (Å²) >= 11 is 12.0. The molecule has 0 aliphatic rings. The summed E-state index contributed by atoms with van der Waals surface area (Å²) in [7, 11) is 1.69. The number of hydrogen-bond acceptors (Lipinski definition) is 1. The molecule has 2 aromatic carbocycles. The van der Waals surface area contributed by atoms with E-state index in [0.29, 0.717) is 16.5 Å². The zero-order valence-electron chi connectivity index (χ0n) is 10.8. The molecule has 1 atom stereocenters. The molecule has 0 fully saturated rings. The molecule has 106 valence electrons. The zero-order valence-corrected chi connectivity index (χ0v) is 12.3. The second-order valence-electron chi connectivity index (χ2n) is 4.42. The van der Waals surface area contributed by atoms with Crippen LogP contribution >= 0.6 is 23.2 Å². The Morgan fingerprint density at radius 2 is 1.90 bits per heavy atom. The van der Waals surface area contributed by atoms with Gasteiger partial charge in [0.2, 0.25) is 0 Å². The van der Waals surface area contributed by atoms with Crippen molar-refractivity contribution in [2.75, 3.05) is 7.05 Å². The Balaban J connectivity index is 2.34. The van der Waals surface area contributed by atoms with Crippen molar-refractivity contribution in [1.29, 1.82) is 0 Å². The number of likely N-dealkylation sites (N-methyl/N-ethyl adjacent to an activating group) is 1. The minimum atomic E-state index is -0.861. The first-order valence-corrected chi connectivity index (χ1v) is 6.83. The van der Waals surface area contributed by atoms with Crippen LogP contribution in [0.3, 0.4) is 0 Å². The summed E-state index contributed by atoms with van der Waals surface area (Å²) in [6.45, 7) is 0. The van der Waals surface area contributed by atoms with E-state index >= 15 is 0 Å². The molecule has 1 nitrogen and oxygen atoms in total. The number of halogens is 4. The van der Waals surface area contributed by atoms with Crippen molar-refractivity contribution in [2.45, 2.75) is 12.5 Å². The van der Waals surface area contributed by atoms with Gasteiger partial charge in [0.05, 0.1) is 0 Å². The molecule has 0 saturated heterocycles. The largest absolute Gasteiger partial charge is 0.313 e. The van der Waals surface area contributed by atoms with E-state index in [1.165, 1.54) is 6.07 Å². The minimum absolute atomic E-state index is 0.267. The molecule has 0 radical (unpaired) electrons. The van der Waals surface area contributed by atoms with E-state index in [1.807, 2.05) is 0 Å². The second kappa shape index (κ2) is 6.53. The fourth-order valence-electron chi connectivity index (χ4n) is 2.08. The van der Waals surface area contributed by atoms with Gasteiger partial charge in [-0.1, -0.05) is 35.3 Å². The average Bonchev–Trinajstić information content (AvgIpc) is 2.43. The monoisotopic (exact) mass is 315 g/mol. The molecule has 0 saturated carbocycles. The molecule has 20 heavy (non-hydrogen) atoms. The van der Waals surface area contributed by atoms with Gasteiger partial charge in [-0.15, -0.1) is 0 Å². The van der Waals surface area contributed by atoms with Crippen LogP contribution in [0.1, 0.15) is 17.2 Å². The molecular weight excluding hydrogens is 303 g/mol. The van der Waals surface area contributed by atoms with Crippen LogP contribution in [0, 0.1) is 11.6 Å². The van der Waals surface area contributed by atoms with Crippen LogP contribution < -0.4 is 5.32 Å². The second-order valence-corrected chi connectivity index (χ2v) is 5.27. The first kappa shape index (κ1) is 15.2. The van der Waals surface area contributed by atoms with Crippen molar-refractivity contribution in [2.24, 2.45) is 0 Å². The Hall–Kier alpha value is -1.16. The Kier molecular flexibility index (Phi) is 4.97. The summed E-state index contributed by atoms with van der Waals surface area (Å²) in [6.07, 6.45) is 0.413. The fourth-order valence-corrected chi connectivity index (χ4v) is 2.47. The first-order chi connectivity index (χ1) is 9.52. The van der Waals surface area contributed by atoms with Gasteiger partial charge in [0.25, 0.3) is 0 Å². The lowest BCUT2D eigenvalue weighted by Crippen LogP contribution is -2.20. The highest BCUT2D eigenvalue weighted by atomic mass is 35.5. The van der Waals surface area contributed by atoms with Crippen LogP contribution in [0.4, 0.5) is 8.78 Å². The third-order valence-corrected chi connectivity index (χ3v) is 3.74. The van der Waals surface area contributed by atoms with Crippen molar-refractivity contribution in [3.63, 3.8) is 0 Å². The van der Waals surface area contributed by atoms with Crippen LogP contribution in [-0.4, -0.2) is 7.05 Å². The molecule has 0 spiro atoms. The van der Waals surface area contributed by atoms with Crippen LogP contribution in [-0.2, 0) is 6.42 Å². The molecule has 5 heteroatoms.